The van der Waals surface area contributed by atoms with Crippen molar-refractivity contribution >= 4 is 11.9 Å². The Labute approximate surface area is 184 Å². The van der Waals surface area contributed by atoms with Crippen molar-refractivity contribution in [1.29, 1.82) is 0 Å². The van der Waals surface area contributed by atoms with E-state index in [0.29, 0.717) is 12.2 Å². The van der Waals surface area contributed by atoms with Crippen LogP contribution in [0.25, 0.3) is 0 Å². The number of methoxy groups -OCH3 is 1. The number of benzene rings is 2. The Morgan fingerprint density at radius 3 is 2.45 bits per heavy atom. The lowest BCUT2D eigenvalue weighted by Crippen LogP contribution is -2.54. The van der Waals surface area contributed by atoms with Crippen molar-refractivity contribution in [1.82, 2.24) is 10.2 Å². The molecule has 2 aromatic carbocycles. The molecule has 1 aliphatic heterocycles. The van der Waals surface area contributed by atoms with Crippen LogP contribution in [0, 0.1) is 0 Å². The highest BCUT2D eigenvalue weighted by atomic mass is 16.5. The molecule has 1 fully saturated rings. The molecule has 1 aliphatic rings. The van der Waals surface area contributed by atoms with E-state index in [2.05, 4.69) is 17.1 Å². The van der Waals surface area contributed by atoms with E-state index in [4.69, 9.17) is 9.47 Å². The molecule has 6 heteroatoms. The van der Waals surface area contributed by atoms with Crippen LogP contribution >= 0.6 is 0 Å². The van der Waals surface area contributed by atoms with Crippen molar-refractivity contribution in [3.63, 3.8) is 0 Å². The van der Waals surface area contributed by atoms with Crippen molar-refractivity contribution in [2.75, 3.05) is 20.3 Å². The molecule has 2 aromatic rings. The van der Waals surface area contributed by atoms with Gasteiger partial charge in [-0.05, 0) is 63.1 Å². The van der Waals surface area contributed by atoms with Crippen LogP contribution in [0.15, 0.2) is 54.6 Å². The van der Waals surface area contributed by atoms with Gasteiger partial charge in [-0.25, -0.2) is 4.79 Å². The highest BCUT2D eigenvalue weighted by Crippen LogP contribution is 2.22. The van der Waals surface area contributed by atoms with E-state index in [9.17, 15) is 9.59 Å². The molecule has 1 amide bonds. The number of nitrogens with zero attached hydrogens (tertiary/aromatic N) is 1. The molecule has 1 saturated heterocycles. The number of esters is 1. The fraction of sp³-hybridized carbons (Fsp3) is 0.440. The fourth-order valence-corrected chi connectivity index (χ4v) is 4.01. The molecule has 31 heavy (non-hydrogen) atoms. The summed E-state index contributed by atoms with van der Waals surface area (Å²) in [6.45, 7) is 5.50. The van der Waals surface area contributed by atoms with E-state index in [1.165, 1.54) is 7.11 Å². The van der Waals surface area contributed by atoms with Gasteiger partial charge < -0.3 is 14.8 Å². The number of amides is 1. The average Bonchev–Trinajstić information content (AvgIpc) is 2.82. The normalized spacial score (nSPS) is 18.6. The molecule has 0 spiro atoms. The van der Waals surface area contributed by atoms with Gasteiger partial charge in [-0.1, -0.05) is 36.8 Å². The highest BCUT2D eigenvalue weighted by Gasteiger charge is 2.32. The Hall–Kier alpha value is -2.86. The molecule has 0 aliphatic carbocycles. The van der Waals surface area contributed by atoms with E-state index in [1.807, 2.05) is 49.4 Å². The second kappa shape index (κ2) is 11.0. The number of carbonyl (C=O) groups excluding carboxylic acids is 2. The lowest BCUT2D eigenvalue weighted by Gasteiger charge is -2.39. The van der Waals surface area contributed by atoms with Crippen molar-refractivity contribution < 1.29 is 19.1 Å². The quantitative estimate of drug-likeness (QED) is 0.650. The minimum atomic E-state index is -0.368. The third kappa shape index (κ3) is 6.07. The van der Waals surface area contributed by atoms with Gasteiger partial charge in [0.05, 0.1) is 24.8 Å². The van der Waals surface area contributed by atoms with Crippen LogP contribution in [0.5, 0.6) is 5.75 Å². The third-order valence-electron chi connectivity index (χ3n) is 5.84. The maximum absolute atomic E-state index is 13.1. The lowest BCUT2D eigenvalue weighted by molar-refractivity contribution is -0.129. The molecule has 2 unspecified atom stereocenters. The summed E-state index contributed by atoms with van der Waals surface area (Å²) in [7, 11) is 1.36. The molecule has 6 nitrogen and oxygen atoms in total. The number of para-hydroxylation sites is 1. The summed E-state index contributed by atoms with van der Waals surface area (Å²) >= 11 is 0. The Kier molecular flexibility index (Phi) is 8.06. The zero-order valence-corrected chi connectivity index (χ0v) is 18.5. The molecule has 0 radical (unpaired) electrons. The Bertz CT molecular complexity index is 854. The van der Waals surface area contributed by atoms with Gasteiger partial charge in [-0.15, -0.1) is 0 Å². The number of ether oxygens (including phenoxy) is 2. The first-order valence-electron chi connectivity index (χ1n) is 10.9. The van der Waals surface area contributed by atoms with E-state index in [1.54, 1.807) is 12.1 Å². The first-order chi connectivity index (χ1) is 15.0. The minimum absolute atomic E-state index is 0.0378. The van der Waals surface area contributed by atoms with Crippen LogP contribution < -0.4 is 10.1 Å². The Morgan fingerprint density at radius 2 is 1.77 bits per heavy atom. The molecule has 0 bridgehead atoms. The topological polar surface area (TPSA) is 67.9 Å². The summed E-state index contributed by atoms with van der Waals surface area (Å²) in [6, 6.07) is 16.7. The number of nitrogens with one attached hydrogen (secondary N) is 1. The van der Waals surface area contributed by atoms with Gasteiger partial charge >= 0.3 is 5.97 Å². The van der Waals surface area contributed by atoms with E-state index >= 15 is 0 Å². The van der Waals surface area contributed by atoms with Crippen LogP contribution in [0.1, 0.15) is 55.1 Å². The summed E-state index contributed by atoms with van der Waals surface area (Å²) in [5.74, 6) is 0.514. The van der Waals surface area contributed by atoms with Crippen LogP contribution in [-0.4, -0.2) is 49.1 Å². The first-order valence-corrected chi connectivity index (χ1v) is 10.9. The maximum atomic E-state index is 13.1. The van der Waals surface area contributed by atoms with Gasteiger partial charge in [-0.3, -0.25) is 9.69 Å². The van der Waals surface area contributed by atoms with Gasteiger partial charge in [0.15, 0.2) is 0 Å². The predicted molar refractivity (Wildman–Crippen MR) is 120 cm³/mol. The standard InChI is InChI=1S/C25H32N2O4/c1-18(17-31-22-9-5-4-6-10-22)27-16-8-7-11-23(27)24(28)26-19(2)20-12-14-21(15-13-20)25(29)30-3/h4-6,9-10,12-15,18-19,23H,7-8,11,16-17H2,1-3H3,(H,26,28)/t18?,19?,23-/m1/s1. The number of hydrogen-bond donors (Lipinski definition) is 1. The van der Waals surface area contributed by atoms with Gasteiger partial charge in [0.25, 0.3) is 0 Å². The zero-order chi connectivity index (χ0) is 22.2. The highest BCUT2D eigenvalue weighted by molar-refractivity contribution is 5.89. The lowest BCUT2D eigenvalue weighted by atomic mass is 9.98. The number of piperidine rings is 1. The van der Waals surface area contributed by atoms with Gasteiger partial charge in [0.1, 0.15) is 12.4 Å². The number of likely N-dealkylation sites (tertiary alicyclic amines) is 1. The summed E-state index contributed by atoms with van der Waals surface area (Å²) in [5, 5.41) is 3.15. The third-order valence-corrected chi connectivity index (χ3v) is 5.84. The molecule has 3 rings (SSSR count). The van der Waals surface area contributed by atoms with Crippen LogP contribution in [0.4, 0.5) is 0 Å². The van der Waals surface area contributed by atoms with Crippen molar-refractivity contribution in [3.05, 3.63) is 65.7 Å². The van der Waals surface area contributed by atoms with E-state index < -0.39 is 0 Å². The minimum Gasteiger partial charge on any atom is -0.492 e. The molecule has 1 N–H and O–H groups in total. The predicted octanol–water partition coefficient (Wildman–Crippen LogP) is 3.97. The fourth-order valence-electron chi connectivity index (χ4n) is 4.01. The van der Waals surface area contributed by atoms with Crippen molar-refractivity contribution in [3.8, 4) is 5.75 Å². The summed E-state index contributed by atoms with van der Waals surface area (Å²) in [5.41, 5.74) is 1.44. The molecular weight excluding hydrogens is 392 g/mol. The van der Waals surface area contributed by atoms with Gasteiger partial charge in [-0.2, -0.15) is 0 Å². The van der Waals surface area contributed by atoms with E-state index in [0.717, 1.165) is 37.1 Å². The average molecular weight is 425 g/mol. The monoisotopic (exact) mass is 424 g/mol. The van der Waals surface area contributed by atoms with Gasteiger partial charge in [0, 0.05) is 6.04 Å². The van der Waals surface area contributed by atoms with Crippen LogP contribution in [-0.2, 0) is 9.53 Å². The maximum Gasteiger partial charge on any atom is 0.337 e. The zero-order valence-electron chi connectivity index (χ0n) is 18.5. The largest absolute Gasteiger partial charge is 0.492 e. The number of hydrogen-bond acceptors (Lipinski definition) is 5. The van der Waals surface area contributed by atoms with Crippen molar-refractivity contribution in [2.45, 2.75) is 51.2 Å². The Morgan fingerprint density at radius 1 is 1.06 bits per heavy atom. The molecule has 0 saturated carbocycles. The SMILES string of the molecule is COC(=O)c1ccc(C(C)NC(=O)[C@H]2CCCCN2C(C)COc2ccccc2)cc1. The molecule has 1 heterocycles. The number of carbonyl (C=O) groups is 2. The second-order valence-corrected chi connectivity index (χ2v) is 8.07. The van der Waals surface area contributed by atoms with E-state index in [-0.39, 0.29) is 30.0 Å². The Balaban J connectivity index is 1.59. The first kappa shape index (κ1) is 22.8. The summed E-state index contributed by atoms with van der Waals surface area (Å²) in [4.78, 5) is 27.0. The van der Waals surface area contributed by atoms with Crippen LogP contribution in [0.3, 0.4) is 0 Å². The summed E-state index contributed by atoms with van der Waals surface area (Å²) in [6.07, 6.45) is 2.97. The molecule has 3 atom stereocenters. The second-order valence-electron chi connectivity index (χ2n) is 8.07. The summed E-state index contributed by atoms with van der Waals surface area (Å²) < 4.78 is 10.7. The van der Waals surface area contributed by atoms with Crippen molar-refractivity contribution in [2.24, 2.45) is 0 Å². The van der Waals surface area contributed by atoms with Gasteiger partial charge in [0.2, 0.25) is 5.91 Å². The number of rotatable bonds is 8. The molecule has 166 valence electrons. The molecular formula is C25H32N2O4. The molecule has 0 aromatic heterocycles. The smallest absolute Gasteiger partial charge is 0.337 e. The van der Waals surface area contributed by atoms with Crippen LogP contribution in [0.2, 0.25) is 0 Å².